The molecule has 0 radical (unpaired) electrons. The van der Waals surface area contributed by atoms with E-state index < -0.39 is 11.6 Å². The van der Waals surface area contributed by atoms with Crippen LogP contribution in [-0.4, -0.2) is 19.1 Å². The predicted molar refractivity (Wildman–Crippen MR) is 65.8 cm³/mol. The summed E-state index contributed by atoms with van der Waals surface area (Å²) in [5.74, 6) is -0.988. The second-order valence-corrected chi connectivity index (χ2v) is 4.19. The van der Waals surface area contributed by atoms with E-state index in [0.717, 1.165) is 19.5 Å². The lowest BCUT2D eigenvalue weighted by Crippen LogP contribution is -2.36. The molecule has 0 heterocycles. The average Bonchev–Trinajstić information content (AvgIpc) is 2.29. The maximum Gasteiger partial charge on any atom is 0.130 e. The van der Waals surface area contributed by atoms with Crippen LogP contribution in [0.5, 0.6) is 0 Å². The Morgan fingerprint density at radius 1 is 1.24 bits per heavy atom. The van der Waals surface area contributed by atoms with Gasteiger partial charge in [-0.15, -0.1) is 0 Å². The summed E-state index contributed by atoms with van der Waals surface area (Å²) in [5.41, 5.74) is 0.106. The number of rotatable bonds is 7. The molecule has 0 aliphatic rings. The van der Waals surface area contributed by atoms with Crippen LogP contribution in [0.4, 0.5) is 8.78 Å². The molecule has 1 atom stereocenters. The van der Waals surface area contributed by atoms with Crippen molar-refractivity contribution in [2.75, 3.05) is 13.1 Å². The Morgan fingerprint density at radius 3 is 2.47 bits per heavy atom. The molecule has 96 valence electrons. The van der Waals surface area contributed by atoms with Crippen molar-refractivity contribution in [2.24, 2.45) is 0 Å². The number of benzene rings is 1. The molecule has 2 nitrogen and oxygen atoms in total. The maximum absolute atomic E-state index is 13.3. The first-order chi connectivity index (χ1) is 8.15. The summed E-state index contributed by atoms with van der Waals surface area (Å²) in [4.78, 5) is 0. The minimum atomic E-state index is -0.494. The van der Waals surface area contributed by atoms with Crippen molar-refractivity contribution in [2.45, 2.75) is 32.9 Å². The molecule has 1 unspecified atom stereocenters. The van der Waals surface area contributed by atoms with Gasteiger partial charge in [0, 0.05) is 24.7 Å². The summed E-state index contributed by atoms with van der Waals surface area (Å²) in [6.07, 6.45) is 1.08. The summed E-state index contributed by atoms with van der Waals surface area (Å²) in [6, 6.07) is 4.11. The minimum Gasteiger partial charge on any atom is -0.315 e. The fourth-order valence-corrected chi connectivity index (χ4v) is 1.55. The van der Waals surface area contributed by atoms with Crippen molar-refractivity contribution in [1.82, 2.24) is 10.6 Å². The average molecular weight is 242 g/mol. The molecule has 0 bridgehead atoms. The van der Waals surface area contributed by atoms with E-state index in [1.807, 2.05) is 6.92 Å². The lowest BCUT2D eigenvalue weighted by molar-refractivity contribution is 0.476. The summed E-state index contributed by atoms with van der Waals surface area (Å²) >= 11 is 0. The minimum absolute atomic E-state index is 0.106. The molecular weight excluding hydrogens is 222 g/mol. The molecule has 0 aliphatic heterocycles. The Kier molecular flexibility index (Phi) is 6.08. The summed E-state index contributed by atoms with van der Waals surface area (Å²) in [5, 5.41) is 6.35. The van der Waals surface area contributed by atoms with E-state index in [2.05, 4.69) is 17.6 Å². The quantitative estimate of drug-likeness (QED) is 0.718. The molecule has 0 spiro atoms. The Labute approximate surface area is 101 Å². The van der Waals surface area contributed by atoms with Crippen molar-refractivity contribution < 1.29 is 8.78 Å². The summed E-state index contributed by atoms with van der Waals surface area (Å²) in [6.45, 7) is 6.05. The van der Waals surface area contributed by atoms with Crippen LogP contribution in [0.15, 0.2) is 18.2 Å². The third-order valence-electron chi connectivity index (χ3n) is 2.57. The number of hydrogen-bond acceptors (Lipinski definition) is 2. The molecule has 4 heteroatoms. The molecule has 1 aromatic carbocycles. The highest BCUT2D eigenvalue weighted by Crippen LogP contribution is 2.11. The van der Waals surface area contributed by atoms with Gasteiger partial charge in [0.15, 0.2) is 0 Å². The van der Waals surface area contributed by atoms with Gasteiger partial charge in [-0.3, -0.25) is 0 Å². The monoisotopic (exact) mass is 242 g/mol. The normalized spacial score (nSPS) is 12.7. The van der Waals surface area contributed by atoms with Gasteiger partial charge >= 0.3 is 0 Å². The molecule has 0 saturated carbocycles. The van der Waals surface area contributed by atoms with Crippen molar-refractivity contribution in [1.29, 1.82) is 0 Å². The molecule has 0 fully saturated rings. The van der Waals surface area contributed by atoms with Gasteiger partial charge in [0.2, 0.25) is 0 Å². The Balaban J connectivity index is 2.39. The predicted octanol–water partition coefficient (Wildman–Crippen LogP) is 2.44. The molecule has 17 heavy (non-hydrogen) atoms. The zero-order valence-corrected chi connectivity index (χ0v) is 10.4. The first-order valence-electron chi connectivity index (χ1n) is 6.02. The van der Waals surface area contributed by atoms with Gasteiger partial charge in [-0.25, -0.2) is 8.78 Å². The highest BCUT2D eigenvalue weighted by molar-refractivity contribution is 5.19. The largest absolute Gasteiger partial charge is 0.315 e. The Bertz CT molecular complexity index is 322. The third kappa shape index (κ3) is 4.79. The molecule has 1 rings (SSSR count). The fraction of sp³-hybridized carbons (Fsp3) is 0.538. The van der Waals surface area contributed by atoms with Crippen molar-refractivity contribution in [3.05, 3.63) is 35.4 Å². The fourth-order valence-electron chi connectivity index (χ4n) is 1.55. The zero-order valence-electron chi connectivity index (χ0n) is 10.4. The number of hydrogen-bond donors (Lipinski definition) is 2. The number of nitrogens with one attached hydrogen (secondary N) is 2. The van der Waals surface area contributed by atoms with Crippen molar-refractivity contribution in [3.63, 3.8) is 0 Å². The van der Waals surface area contributed by atoms with Gasteiger partial charge in [-0.2, -0.15) is 0 Å². The molecule has 0 aromatic heterocycles. The van der Waals surface area contributed by atoms with Crippen LogP contribution in [0.1, 0.15) is 25.8 Å². The van der Waals surface area contributed by atoms with Gasteiger partial charge < -0.3 is 10.6 Å². The lowest BCUT2D eigenvalue weighted by atomic mass is 10.2. The maximum atomic E-state index is 13.3. The molecule has 0 saturated heterocycles. The van der Waals surface area contributed by atoms with Crippen LogP contribution >= 0.6 is 0 Å². The molecule has 0 aliphatic carbocycles. The second kappa shape index (κ2) is 7.35. The van der Waals surface area contributed by atoms with Crippen molar-refractivity contribution in [3.8, 4) is 0 Å². The van der Waals surface area contributed by atoms with E-state index in [1.54, 1.807) is 0 Å². The highest BCUT2D eigenvalue weighted by atomic mass is 19.1. The summed E-state index contributed by atoms with van der Waals surface area (Å²) < 4.78 is 26.6. The number of halogens is 2. The van der Waals surface area contributed by atoms with Gasteiger partial charge in [0.05, 0.1) is 0 Å². The van der Waals surface area contributed by atoms with Gasteiger partial charge in [0.1, 0.15) is 11.6 Å². The lowest BCUT2D eigenvalue weighted by Gasteiger charge is -2.15. The van der Waals surface area contributed by atoms with E-state index in [1.165, 1.54) is 18.2 Å². The van der Waals surface area contributed by atoms with Gasteiger partial charge in [0.25, 0.3) is 0 Å². The van der Waals surface area contributed by atoms with Crippen LogP contribution < -0.4 is 10.6 Å². The van der Waals surface area contributed by atoms with Crippen LogP contribution in [-0.2, 0) is 6.54 Å². The van der Waals surface area contributed by atoms with Crippen LogP contribution in [0.25, 0.3) is 0 Å². The highest BCUT2D eigenvalue weighted by Gasteiger charge is 2.09. The first-order valence-corrected chi connectivity index (χ1v) is 6.02. The first kappa shape index (κ1) is 14.1. The molecule has 0 amide bonds. The molecule has 1 aromatic rings. The van der Waals surface area contributed by atoms with Gasteiger partial charge in [-0.1, -0.05) is 13.0 Å². The standard InChI is InChI=1S/C13H20F2N2/c1-3-7-16-8-10(2)17-9-11-12(14)5-4-6-13(11)15/h4-6,10,16-17H,3,7-9H2,1-2H3. The summed E-state index contributed by atoms with van der Waals surface area (Å²) in [7, 11) is 0. The SMILES string of the molecule is CCCNCC(C)NCc1c(F)cccc1F. The van der Waals surface area contributed by atoms with Crippen molar-refractivity contribution >= 4 is 0 Å². The van der Waals surface area contributed by atoms with E-state index >= 15 is 0 Å². The van der Waals surface area contributed by atoms with E-state index in [9.17, 15) is 8.78 Å². The zero-order chi connectivity index (χ0) is 12.7. The Hall–Kier alpha value is -1.00. The smallest absolute Gasteiger partial charge is 0.130 e. The van der Waals surface area contributed by atoms with Crippen LogP contribution in [0.3, 0.4) is 0 Å². The van der Waals surface area contributed by atoms with Crippen LogP contribution in [0, 0.1) is 11.6 Å². The van der Waals surface area contributed by atoms with E-state index in [0.29, 0.717) is 0 Å². The van der Waals surface area contributed by atoms with Gasteiger partial charge in [-0.05, 0) is 32.0 Å². The van der Waals surface area contributed by atoms with E-state index in [4.69, 9.17) is 0 Å². The third-order valence-corrected chi connectivity index (χ3v) is 2.57. The Morgan fingerprint density at radius 2 is 1.88 bits per heavy atom. The molecular formula is C13H20F2N2. The second-order valence-electron chi connectivity index (χ2n) is 4.19. The molecule has 2 N–H and O–H groups in total. The topological polar surface area (TPSA) is 24.1 Å². The van der Waals surface area contributed by atoms with E-state index in [-0.39, 0.29) is 18.2 Å². The van der Waals surface area contributed by atoms with Crippen LogP contribution in [0.2, 0.25) is 0 Å².